The largest absolute Gasteiger partial charge is 0.481 e. The standard InChI is InChI=1S/C23H33N5O8/c1-12(2)19(23(35)36)28-22(34)16(11-18(30)31)27-21(33)15(8-9-17(25)29)26-20(32)14(24)10-13-6-4-3-5-7-13/h3-7,12,14-16,19H,8-11,24H2,1-2H3,(H2,25,29)(H,26,32)(H,27,33)(H,28,34)(H,30,31)(H,35,36). The van der Waals surface area contributed by atoms with E-state index in [1.54, 1.807) is 30.3 Å². The molecular weight excluding hydrogens is 474 g/mol. The Labute approximate surface area is 208 Å². The molecule has 13 heteroatoms. The average Bonchev–Trinajstić information content (AvgIpc) is 2.78. The molecule has 198 valence electrons. The monoisotopic (exact) mass is 507 g/mol. The Morgan fingerprint density at radius 3 is 1.92 bits per heavy atom. The molecule has 13 nitrogen and oxygen atoms in total. The number of nitrogens with two attached hydrogens (primary N) is 2. The number of aliphatic carboxylic acids is 2. The lowest BCUT2D eigenvalue weighted by Crippen LogP contribution is -2.58. The number of hydrogen-bond acceptors (Lipinski definition) is 7. The van der Waals surface area contributed by atoms with Crippen LogP contribution >= 0.6 is 0 Å². The van der Waals surface area contributed by atoms with Crippen molar-refractivity contribution < 1.29 is 39.0 Å². The lowest BCUT2D eigenvalue weighted by atomic mass is 10.0. The molecular formula is C23H33N5O8. The Morgan fingerprint density at radius 1 is 0.861 bits per heavy atom. The first-order valence-electron chi connectivity index (χ1n) is 11.2. The van der Waals surface area contributed by atoms with Crippen molar-refractivity contribution in [1.82, 2.24) is 16.0 Å². The van der Waals surface area contributed by atoms with Crippen molar-refractivity contribution in [3.63, 3.8) is 0 Å². The summed E-state index contributed by atoms with van der Waals surface area (Å²) in [5.41, 5.74) is 11.9. The van der Waals surface area contributed by atoms with E-state index in [0.717, 1.165) is 5.56 Å². The first-order valence-corrected chi connectivity index (χ1v) is 11.2. The normalized spacial score (nSPS) is 14.1. The zero-order valence-electron chi connectivity index (χ0n) is 20.1. The molecule has 36 heavy (non-hydrogen) atoms. The molecule has 0 saturated carbocycles. The van der Waals surface area contributed by atoms with Gasteiger partial charge in [0.05, 0.1) is 12.5 Å². The van der Waals surface area contributed by atoms with Gasteiger partial charge in [0.15, 0.2) is 0 Å². The van der Waals surface area contributed by atoms with E-state index in [0.29, 0.717) is 0 Å². The van der Waals surface area contributed by atoms with Crippen LogP contribution in [0.3, 0.4) is 0 Å². The summed E-state index contributed by atoms with van der Waals surface area (Å²) < 4.78 is 0. The number of benzene rings is 1. The Hall–Kier alpha value is -4.00. The minimum absolute atomic E-state index is 0.159. The van der Waals surface area contributed by atoms with Gasteiger partial charge in [-0.15, -0.1) is 0 Å². The van der Waals surface area contributed by atoms with Gasteiger partial charge in [-0.05, 0) is 24.3 Å². The maximum absolute atomic E-state index is 12.9. The summed E-state index contributed by atoms with van der Waals surface area (Å²) in [6.45, 7) is 3.08. The van der Waals surface area contributed by atoms with E-state index in [1.165, 1.54) is 13.8 Å². The third-order valence-corrected chi connectivity index (χ3v) is 5.19. The molecule has 0 aliphatic heterocycles. The molecule has 0 aromatic heterocycles. The molecule has 1 rings (SSSR count). The second-order valence-corrected chi connectivity index (χ2v) is 8.59. The first-order chi connectivity index (χ1) is 16.8. The van der Waals surface area contributed by atoms with E-state index in [9.17, 15) is 39.0 Å². The zero-order valence-corrected chi connectivity index (χ0v) is 20.1. The van der Waals surface area contributed by atoms with Crippen LogP contribution in [0.25, 0.3) is 0 Å². The molecule has 0 fully saturated rings. The minimum atomic E-state index is -1.65. The molecule has 4 amide bonds. The highest BCUT2D eigenvalue weighted by molar-refractivity contribution is 5.95. The molecule has 0 aliphatic carbocycles. The number of primary amides is 1. The third-order valence-electron chi connectivity index (χ3n) is 5.19. The summed E-state index contributed by atoms with van der Waals surface area (Å²) in [5.74, 6) is -6.76. The summed E-state index contributed by atoms with van der Waals surface area (Å²) in [6, 6.07) is 3.47. The van der Waals surface area contributed by atoms with Crippen molar-refractivity contribution in [1.29, 1.82) is 0 Å². The molecule has 9 N–H and O–H groups in total. The van der Waals surface area contributed by atoms with Gasteiger partial charge in [-0.3, -0.25) is 24.0 Å². The SMILES string of the molecule is CC(C)C(NC(=O)C(CC(=O)O)NC(=O)C(CCC(N)=O)NC(=O)C(N)Cc1ccccc1)C(=O)O. The maximum atomic E-state index is 12.9. The maximum Gasteiger partial charge on any atom is 0.326 e. The molecule has 0 saturated heterocycles. The van der Waals surface area contributed by atoms with E-state index >= 15 is 0 Å². The number of nitrogens with one attached hydrogen (secondary N) is 3. The second kappa shape index (κ2) is 14.4. The zero-order chi connectivity index (χ0) is 27.4. The van der Waals surface area contributed by atoms with Gasteiger partial charge >= 0.3 is 11.9 Å². The number of carboxylic acid groups (broad SMARTS) is 2. The highest BCUT2D eigenvalue weighted by Gasteiger charge is 2.32. The quantitative estimate of drug-likeness (QED) is 0.146. The smallest absolute Gasteiger partial charge is 0.326 e. The Balaban J connectivity index is 3.00. The minimum Gasteiger partial charge on any atom is -0.481 e. The Bertz CT molecular complexity index is 953. The van der Waals surface area contributed by atoms with Crippen LogP contribution in [0.15, 0.2) is 30.3 Å². The van der Waals surface area contributed by atoms with Crippen LogP contribution in [0, 0.1) is 5.92 Å². The molecule has 1 aromatic rings. The van der Waals surface area contributed by atoms with E-state index in [1.807, 2.05) is 0 Å². The van der Waals surface area contributed by atoms with Gasteiger partial charge in [-0.2, -0.15) is 0 Å². The van der Waals surface area contributed by atoms with E-state index in [2.05, 4.69) is 16.0 Å². The van der Waals surface area contributed by atoms with Crippen LogP contribution in [0.5, 0.6) is 0 Å². The van der Waals surface area contributed by atoms with Crippen LogP contribution in [0.1, 0.15) is 38.7 Å². The predicted octanol–water partition coefficient (Wildman–Crippen LogP) is -1.51. The molecule has 0 heterocycles. The van der Waals surface area contributed by atoms with Gasteiger partial charge in [-0.1, -0.05) is 44.2 Å². The van der Waals surface area contributed by atoms with E-state index in [-0.39, 0.29) is 19.3 Å². The highest BCUT2D eigenvalue weighted by atomic mass is 16.4. The molecule has 0 spiro atoms. The van der Waals surface area contributed by atoms with Crippen molar-refractivity contribution in [2.45, 2.75) is 63.7 Å². The molecule has 4 atom stereocenters. The molecule has 0 bridgehead atoms. The fourth-order valence-corrected chi connectivity index (χ4v) is 3.22. The molecule has 1 aromatic carbocycles. The average molecular weight is 508 g/mol. The highest BCUT2D eigenvalue weighted by Crippen LogP contribution is 2.07. The summed E-state index contributed by atoms with van der Waals surface area (Å²) in [5, 5.41) is 25.3. The van der Waals surface area contributed by atoms with Crippen LogP contribution in [0.2, 0.25) is 0 Å². The van der Waals surface area contributed by atoms with E-state index in [4.69, 9.17) is 11.5 Å². The van der Waals surface area contributed by atoms with Gasteiger partial charge in [0.25, 0.3) is 0 Å². The third kappa shape index (κ3) is 10.5. The van der Waals surface area contributed by atoms with Gasteiger partial charge in [-0.25, -0.2) is 4.79 Å². The van der Waals surface area contributed by atoms with Crippen molar-refractivity contribution >= 4 is 35.6 Å². The van der Waals surface area contributed by atoms with Gasteiger partial charge in [0.1, 0.15) is 18.1 Å². The number of carbonyl (C=O) groups excluding carboxylic acids is 4. The van der Waals surface area contributed by atoms with Crippen molar-refractivity contribution in [2.24, 2.45) is 17.4 Å². The van der Waals surface area contributed by atoms with Gasteiger partial charge in [0.2, 0.25) is 23.6 Å². The summed E-state index contributed by atoms with van der Waals surface area (Å²) in [7, 11) is 0. The Morgan fingerprint density at radius 2 is 1.42 bits per heavy atom. The van der Waals surface area contributed by atoms with Gasteiger partial charge < -0.3 is 37.6 Å². The lowest BCUT2D eigenvalue weighted by Gasteiger charge is -2.25. The molecule has 0 radical (unpaired) electrons. The number of amides is 4. The van der Waals surface area contributed by atoms with Crippen LogP contribution < -0.4 is 27.4 Å². The predicted molar refractivity (Wildman–Crippen MR) is 127 cm³/mol. The molecule has 4 unspecified atom stereocenters. The number of carbonyl (C=O) groups is 6. The second-order valence-electron chi connectivity index (χ2n) is 8.59. The van der Waals surface area contributed by atoms with E-state index < -0.39 is 72.1 Å². The van der Waals surface area contributed by atoms with Crippen molar-refractivity contribution in [2.75, 3.05) is 0 Å². The number of hydrogen-bond donors (Lipinski definition) is 7. The van der Waals surface area contributed by atoms with Gasteiger partial charge in [0, 0.05) is 6.42 Å². The fraction of sp³-hybridized carbons (Fsp3) is 0.478. The van der Waals surface area contributed by atoms with Crippen molar-refractivity contribution in [3.05, 3.63) is 35.9 Å². The summed E-state index contributed by atoms with van der Waals surface area (Å²) in [6.07, 6.45) is -1.23. The van der Waals surface area contributed by atoms with Crippen LogP contribution in [0.4, 0.5) is 0 Å². The first kappa shape index (κ1) is 30.0. The van der Waals surface area contributed by atoms with Crippen LogP contribution in [-0.4, -0.2) is 69.9 Å². The van der Waals surface area contributed by atoms with Crippen molar-refractivity contribution in [3.8, 4) is 0 Å². The Kier molecular flexibility index (Phi) is 12.0. The number of carboxylic acids is 2. The topological polar surface area (TPSA) is 231 Å². The summed E-state index contributed by atoms with van der Waals surface area (Å²) >= 11 is 0. The van der Waals surface area contributed by atoms with Crippen LogP contribution in [-0.2, 0) is 35.2 Å². The fourth-order valence-electron chi connectivity index (χ4n) is 3.22. The number of rotatable bonds is 15. The molecule has 0 aliphatic rings. The summed E-state index contributed by atoms with van der Waals surface area (Å²) in [4.78, 5) is 72.1. The lowest BCUT2D eigenvalue weighted by molar-refractivity contribution is -0.144.